The number of para-hydroxylation sites is 1. The molecule has 7 heteroatoms. The topological polar surface area (TPSA) is 89.7 Å². The highest BCUT2D eigenvalue weighted by atomic mass is 32.2. The third-order valence-corrected chi connectivity index (χ3v) is 4.34. The summed E-state index contributed by atoms with van der Waals surface area (Å²) in [6.07, 6.45) is 2.31. The lowest BCUT2D eigenvalue weighted by atomic mass is 10.1. The fraction of sp³-hybridized carbons (Fsp3) is 0.118. The first-order chi connectivity index (χ1) is 11.4. The Hall–Kier alpha value is -2.80. The molecule has 0 bridgehead atoms. The van der Waals surface area contributed by atoms with Crippen molar-refractivity contribution in [2.24, 2.45) is 0 Å². The van der Waals surface area contributed by atoms with Gasteiger partial charge in [-0.25, -0.2) is 4.79 Å². The average Bonchev–Trinajstić information content (AvgIpc) is 2.54. The maximum absolute atomic E-state index is 11.4. The van der Waals surface area contributed by atoms with Crippen molar-refractivity contribution in [2.75, 3.05) is 7.11 Å². The van der Waals surface area contributed by atoms with E-state index in [2.05, 4.69) is 0 Å². The summed E-state index contributed by atoms with van der Waals surface area (Å²) in [5.74, 6) is -0.478. The van der Waals surface area contributed by atoms with E-state index in [1.165, 1.54) is 23.9 Å². The van der Waals surface area contributed by atoms with Crippen LogP contribution in [0.4, 0.5) is 5.69 Å². The molecule has 2 rings (SSSR count). The van der Waals surface area contributed by atoms with Crippen LogP contribution in [0.3, 0.4) is 0 Å². The first kappa shape index (κ1) is 17.6. The molecule has 0 unspecified atom stereocenters. The van der Waals surface area contributed by atoms with Crippen molar-refractivity contribution in [1.82, 2.24) is 0 Å². The summed E-state index contributed by atoms with van der Waals surface area (Å²) in [5, 5.41) is 20.1. The number of carboxylic acid groups (broad SMARTS) is 1. The number of hydrogen-bond donors (Lipinski definition) is 1. The summed E-state index contributed by atoms with van der Waals surface area (Å²) in [4.78, 5) is 22.8. The van der Waals surface area contributed by atoms with Crippen LogP contribution in [-0.4, -0.2) is 23.1 Å². The van der Waals surface area contributed by atoms with E-state index in [0.29, 0.717) is 16.2 Å². The number of nitro benzene ring substituents is 1. The van der Waals surface area contributed by atoms with E-state index in [9.17, 15) is 14.9 Å². The first-order valence-electron chi connectivity index (χ1n) is 6.93. The van der Waals surface area contributed by atoms with E-state index in [0.717, 1.165) is 16.5 Å². The van der Waals surface area contributed by atoms with Gasteiger partial charge in [0.1, 0.15) is 5.75 Å². The second-order valence-corrected chi connectivity index (χ2v) is 5.94. The van der Waals surface area contributed by atoms with E-state index in [1.807, 2.05) is 18.2 Å². The molecule has 1 N–H and O–H groups in total. The molecule has 0 atom stereocenters. The minimum absolute atomic E-state index is 0.0819. The molecule has 0 saturated heterocycles. The van der Waals surface area contributed by atoms with Crippen molar-refractivity contribution >= 4 is 29.5 Å². The van der Waals surface area contributed by atoms with Gasteiger partial charge < -0.3 is 9.84 Å². The van der Waals surface area contributed by atoms with Gasteiger partial charge in [0.15, 0.2) is 0 Å². The molecule has 124 valence electrons. The third-order valence-electron chi connectivity index (χ3n) is 3.24. The highest BCUT2D eigenvalue weighted by Crippen LogP contribution is 2.40. The number of benzene rings is 2. The van der Waals surface area contributed by atoms with Gasteiger partial charge in [-0.1, -0.05) is 23.9 Å². The minimum Gasteiger partial charge on any atom is -0.496 e. The number of aliphatic carboxylic acids is 1. The normalized spacial score (nSPS) is 10.8. The Morgan fingerprint density at radius 1 is 1.29 bits per heavy atom. The Bertz CT molecular complexity index is 817. The second-order valence-electron chi connectivity index (χ2n) is 4.86. The van der Waals surface area contributed by atoms with E-state index < -0.39 is 10.9 Å². The van der Waals surface area contributed by atoms with Crippen LogP contribution in [0.1, 0.15) is 11.1 Å². The summed E-state index contributed by atoms with van der Waals surface area (Å²) in [5.41, 5.74) is 1.16. The van der Waals surface area contributed by atoms with Crippen molar-refractivity contribution < 1.29 is 19.6 Å². The lowest BCUT2D eigenvalue weighted by molar-refractivity contribution is -0.387. The number of nitro groups is 1. The zero-order valence-electron chi connectivity index (χ0n) is 13.1. The molecule has 0 saturated carbocycles. The maximum atomic E-state index is 11.4. The van der Waals surface area contributed by atoms with E-state index in [-0.39, 0.29) is 5.69 Å². The van der Waals surface area contributed by atoms with E-state index in [1.54, 1.807) is 26.2 Å². The number of nitrogens with zero attached hydrogens (tertiary/aromatic N) is 1. The highest BCUT2D eigenvalue weighted by Gasteiger charge is 2.18. The number of carboxylic acids is 1. The van der Waals surface area contributed by atoms with Crippen molar-refractivity contribution in [2.45, 2.75) is 16.7 Å². The van der Waals surface area contributed by atoms with Crippen LogP contribution in [0.15, 0.2) is 52.3 Å². The molecule has 0 radical (unpaired) electrons. The predicted octanol–water partition coefficient (Wildman–Crippen LogP) is 4.16. The second kappa shape index (κ2) is 7.65. The lowest BCUT2D eigenvalue weighted by Gasteiger charge is -2.10. The summed E-state index contributed by atoms with van der Waals surface area (Å²) in [6.45, 7) is 1.78. The molecule has 0 heterocycles. The van der Waals surface area contributed by atoms with Gasteiger partial charge in [0.05, 0.1) is 21.8 Å². The monoisotopic (exact) mass is 345 g/mol. The van der Waals surface area contributed by atoms with Crippen molar-refractivity contribution in [3.8, 4) is 5.75 Å². The molecular formula is C17H15NO5S. The Balaban J connectivity index is 2.48. The van der Waals surface area contributed by atoms with E-state index in [4.69, 9.17) is 9.84 Å². The molecule has 2 aromatic carbocycles. The molecule has 24 heavy (non-hydrogen) atoms. The fourth-order valence-electron chi connectivity index (χ4n) is 2.07. The summed E-state index contributed by atoms with van der Waals surface area (Å²) in [7, 11) is 1.54. The largest absolute Gasteiger partial charge is 0.496 e. The van der Waals surface area contributed by atoms with Crippen LogP contribution in [0, 0.1) is 17.0 Å². The van der Waals surface area contributed by atoms with Crippen LogP contribution in [0.25, 0.3) is 6.08 Å². The third kappa shape index (κ3) is 4.14. The van der Waals surface area contributed by atoms with Crippen LogP contribution in [0.5, 0.6) is 5.75 Å². The van der Waals surface area contributed by atoms with Gasteiger partial charge in [0.2, 0.25) is 0 Å². The highest BCUT2D eigenvalue weighted by molar-refractivity contribution is 7.99. The van der Waals surface area contributed by atoms with Crippen molar-refractivity contribution in [3.63, 3.8) is 0 Å². The molecule has 0 fully saturated rings. The molecule has 0 aliphatic heterocycles. The van der Waals surface area contributed by atoms with Gasteiger partial charge in [-0.3, -0.25) is 10.1 Å². The summed E-state index contributed by atoms with van der Waals surface area (Å²) >= 11 is 1.23. The van der Waals surface area contributed by atoms with E-state index >= 15 is 0 Å². The number of ether oxygens (including phenoxy) is 1. The standard InChI is InChI=1S/C17H15NO5S/c1-11-9-16(24-15-6-4-3-5-14(15)23-2)13(18(21)22)10-12(11)7-8-17(19)20/h3-10H,1-2H3,(H,19,20)/b8-7+. The first-order valence-corrected chi connectivity index (χ1v) is 7.75. The SMILES string of the molecule is COc1ccccc1Sc1cc(C)c(/C=C/C(=O)O)cc1[N+](=O)[O-]. The molecule has 0 aliphatic rings. The summed E-state index contributed by atoms with van der Waals surface area (Å²) < 4.78 is 5.27. The van der Waals surface area contributed by atoms with Crippen molar-refractivity contribution in [3.05, 3.63) is 63.7 Å². The van der Waals surface area contributed by atoms with Gasteiger partial charge >= 0.3 is 5.97 Å². The Morgan fingerprint density at radius 2 is 2.00 bits per heavy atom. The van der Waals surface area contributed by atoms with Crippen LogP contribution >= 0.6 is 11.8 Å². The Morgan fingerprint density at radius 3 is 2.62 bits per heavy atom. The van der Waals surface area contributed by atoms with Crippen LogP contribution in [-0.2, 0) is 4.79 Å². The van der Waals surface area contributed by atoms with Crippen molar-refractivity contribution in [1.29, 1.82) is 0 Å². The van der Waals surface area contributed by atoms with Crippen LogP contribution in [0.2, 0.25) is 0 Å². The van der Waals surface area contributed by atoms with Crippen LogP contribution < -0.4 is 4.74 Å². The minimum atomic E-state index is -1.11. The number of hydrogen-bond acceptors (Lipinski definition) is 5. The smallest absolute Gasteiger partial charge is 0.328 e. The zero-order chi connectivity index (χ0) is 17.7. The number of methoxy groups -OCH3 is 1. The Labute approximate surface area is 142 Å². The average molecular weight is 345 g/mol. The van der Waals surface area contributed by atoms with Gasteiger partial charge in [0.25, 0.3) is 5.69 Å². The zero-order valence-corrected chi connectivity index (χ0v) is 13.9. The molecule has 6 nitrogen and oxygen atoms in total. The molecule has 0 aliphatic carbocycles. The lowest BCUT2D eigenvalue weighted by Crippen LogP contribution is -1.95. The Kier molecular flexibility index (Phi) is 5.59. The number of carbonyl (C=O) groups is 1. The maximum Gasteiger partial charge on any atom is 0.328 e. The van der Waals surface area contributed by atoms with Gasteiger partial charge in [-0.2, -0.15) is 0 Å². The van der Waals surface area contributed by atoms with Gasteiger partial charge in [-0.05, 0) is 42.3 Å². The number of rotatable bonds is 6. The molecule has 2 aromatic rings. The van der Waals surface area contributed by atoms with Gasteiger partial charge in [0, 0.05) is 12.1 Å². The quantitative estimate of drug-likeness (QED) is 0.480. The molecule has 0 amide bonds. The molecule has 0 aromatic heterocycles. The summed E-state index contributed by atoms with van der Waals surface area (Å²) in [6, 6.07) is 10.3. The predicted molar refractivity (Wildman–Crippen MR) is 91.6 cm³/mol. The molecular weight excluding hydrogens is 330 g/mol. The van der Waals surface area contributed by atoms with Gasteiger partial charge in [-0.15, -0.1) is 0 Å². The molecule has 0 spiro atoms. The fourth-order valence-corrected chi connectivity index (χ4v) is 3.18. The number of aryl methyl sites for hydroxylation is 1.